The third kappa shape index (κ3) is 3.24. The Bertz CT molecular complexity index is 710. The molecule has 1 aliphatic carbocycles. The molecule has 0 fully saturated rings. The minimum Gasteiger partial charge on any atom is -0.500 e. The van der Waals surface area contributed by atoms with Crippen LogP contribution in [0.5, 0.6) is 5.75 Å². The van der Waals surface area contributed by atoms with Gasteiger partial charge in [-0.15, -0.1) is 0 Å². The van der Waals surface area contributed by atoms with Gasteiger partial charge in [-0.1, -0.05) is 18.2 Å². The molecule has 0 heterocycles. The van der Waals surface area contributed by atoms with Gasteiger partial charge in [-0.3, -0.25) is 0 Å². The van der Waals surface area contributed by atoms with Crippen molar-refractivity contribution < 1.29 is 9.47 Å². The number of allylic oxidation sites excluding steroid dienone is 2. The van der Waals surface area contributed by atoms with Crippen LogP contribution >= 0.6 is 31.9 Å². The van der Waals surface area contributed by atoms with Gasteiger partial charge >= 0.3 is 0 Å². The second-order valence-electron chi connectivity index (χ2n) is 5.64. The Morgan fingerprint density at radius 2 is 1.83 bits per heavy atom. The summed E-state index contributed by atoms with van der Waals surface area (Å²) in [5.41, 5.74) is -1.10. The third-order valence-electron chi connectivity index (χ3n) is 4.02. The van der Waals surface area contributed by atoms with Crippen LogP contribution in [0.25, 0.3) is 0 Å². The molecule has 0 aromatic heterocycles. The van der Waals surface area contributed by atoms with Crippen molar-refractivity contribution in [2.24, 2.45) is 5.41 Å². The second-order valence-corrected chi connectivity index (χ2v) is 8.41. The molecule has 23 heavy (non-hydrogen) atoms. The van der Waals surface area contributed by atoms with Crippen LogP contribution in [0, 0.1) is 16.7 Å². The topological polar surface area (TPSA) is 42.2 Å². The maximum atomic E-state index is 9.68. The molecule has 2 rings (SSSR count). The number of para-hydroxylation sites is 1. The number of hydrogen-bond acceptors (Lipinski definition) is 3. The summed E-state index contributed by atoms with van der Waals surface area (Å²) >= 11 is 6.82. The van der Waals surface area contributed by atoms with Crippen molar-refractivity contribution in [3.63, 3.8) is 0 Å². The summed E-state index contributed by atoms with van der Waals surface area (Å²) < 4.78 is 12.6. The molecule has 1 aromatic carbocycles. The number of ether oxygens (including phenoxy) is 2. The maximum absolute atomic E-state index is 9.68. The molecule has 0 saturated carbocycles. The summed E-state index contributed by atoms with van der Waals surface area (Å²) in [6.07, 6.45) is 5.41. The molecular weight excluding hydrogens is 422 g/mol. The van der Waals surface area contributed by atoms with Crippen molar-refractivity contribution in [3.8, 4) is 11.8 Å². The predicted molar refractivity (Wildman–Crippen MR) is 98.3 cm³/mol. The summed E-state index contributed by atoms with van der Waals surface area (Å²) in [5, 5.41) is 9.68. The van der Waals surface area contributed by atoms with Crippen molar-refractivity contribution in [1.82, 2.24) is 0 Å². The van der Waals surface area contributed by atoms with Gasteiger partial charge < -0.3 is 9.47 Å². The van der Waals surface area contributed by atoms with Crippen molar-refractivity contribution >= 4 is 31.9 Å². The lowest BCUT2D eigenvalue weighted by Crippen LogP contribution is -2.52. The molecule has 0 aliphatic heterocycles. The van der Waals surface area contributed by atoms with Gasteiger partial charge in [-0.25, -0.2) is 0 Å². The number of halogens is 2. The molecule has 120 valence electrons. The van der Waals surface area contributed by atoms with E-state index in [2.05, 4.69) is 37.9 Å². The van der Waals surface area contributed by atoms with E-state index < -0.39 is 11.0 Å². The number of nitriles is 1. The van der Waals surface area contributed by atoms with Gasteiger partial charge in [0, 0.05) is 0 Å². The third-order valence-corrected chi connectivity index (χ3v) is 4.48. The molecule has 0 unspecified atom stereocenters. The normalized spacial score (nSPS) is 22.3. The Kier molecular flexibility index (Phi) is 5.38. The zero-order valence-corrected chi connectivity index (χ0v) is 16.3. The van der Waals surface area contributed by atoms with Gasteiger partial charge in [-0.2, -0.15) is 5.26 Å². The average Bonchev–Trinajstić information content (AvgIpc) is 2.50. The molecule has 5 heteroatoms. The van der Waals surface area contributed by atoms with Gasteiger partial charge in [0.15, 0.2) is 5.60 Å². The summed E-state index contributed by atoms with van der Waals surface area (Å²) in [5.74, 6) is 1.42. The van der Waals surface area contributed by atoms with Crippen molar-refractivity contribution in [1.29, 1.82) is 5.26 Å². The summed E-state index contributed by atoms with van der Waals surface area (Å²) in [6, 6.07) is 11.7. The van der Waals surface area contributed by atoms with Crippen LogP contribution in [0.15, 0.2) is 63.3 Å². The highest BCUT2D eigenvalue weighted by atomic mass is 79.9. The van der Waals surface area contributed by atoms with Gasteiger partial charge in [0.1, 0.15) is 11.5 Å². The molecule has 1 aliphatic rings. The first-order valence-electron chi connectivity index (χ1n) is 7.02. The van der Waals surface area contributed by atoms with Crippen LogP contribution in [0.3, 0.4) is 0 Å². The summed E-state index contributed by atoms with van der Waals surface area (Å²) in [4.78, 5) is 0. The fraction of sp³-hybridized carbons (Fsp3) is 0.278. The first kappa shape index (κ1) is 17.8. The number of rotatable bonds is 4. The first-order chi connectivity index (χ1) is 10.9. The van der Waals surface area contributed by atoms with Crippen molar-refractivity contribution in [2.45, 2.75) is 19.4 Å². The number of benzene rings is 1. The van der Waals surface area contributed by atoms with Gasteiger partial charge in [0.2, 0.25) is 0 Å². The van der Waals surface area contributed by atoms with Crippen LogP contribution in [0.1, 0.15) is 13.8 Å². The minimum absolute atomic E-state index is 0.503. The molecule has 0 N–H and O–H groups in total. The van der Waals surface area contributed by atoms with Crippen LogP contribution in [0.4, 0.5) is 0 Å². The average molecular weight is 439 g/mol. The second kappa shape index (κ2) is 6.94. The lowest BCUT2D eigenvalue weighted by Gasteiger charge is -2.46. The molecule has 3 nitrogen and oxygen atoms in total. The van der Waals surface area contributed by atoms with E-state index in [0.717, 1.165) is 5.76 Å². The van der Waals surface area contributed by atoms with Crippen molar-refractivity contribution in [2.75, 3.05) is 7.11 Å². The SMILES string of the molecule is COC1=CC=C(C#N)[C@](C=C(Br)Br)(Oc2ccccc2)C1(C)C. The fourth-order valence-corrected chi connectivity index (χ4v) is 3.40. The largest absolute Gasteiger partial charge is 0.500 e. The van der Waals surface area contributed by atoms with E-state index in [4.69, 9.17) is 9.47 Å². The molecular formula is C18H17Br2NO2. The van der Waals surface area contributed by atoms with E-state index in [9.17, 15) is 5.26 Å². The number of hydrogen-bond donors (Lipinski definition) is 0. The molecule has 0 radical (unpaired) electrons. The van der Waals surface area contributed by atoms with E-state index in [0.29, 0.717) is 14.7 Å². The predicted octanol–water partition coefficient (Wildman–Crippen LogP) is 5.46. The highest BCUT2D eigenvalue weighted by Gasteiger charge is 2.54. The lowest BCUT2D eigenvalue weighted by molar-refractivity contribution is 0.0203. The molecule has 0 amide bonds. The molecule has 0 spiro atoms. The minimum atomic E-state index is -1.01. The van der Waals surface area contributed by atoms with E-state index in [1.165, 1.54) is 0 Å². The monoisotopic (exact) mass is 437 g/mol. The lowest BCUT2D eigenvalue weighted by atomic mass is 9.66. The van der Waals surface area contributed by atoms with E-state index in [1.807, 2.05) is 56.3 Å². The number of nitrogens with zero attached hydrogens (tertiary/aromatic N) is 1. The Labute approximate surface area is 153 Å². The van der Waals surface area contributed by atoms with Gasteiger partial charge in [0.05, 0.1) is 27.6 Å². The van der Waals surface area contributed by atoms with E-state index in [1.54, 1.807) is 13.2 Å². The fourth-order valence-electron chi connectivity index (χ4n) is 2.75. The maximum Gasteiger partial charge on any atom is 0.176 e. The Morgan fingerprint density at radius 1 is 1.17 bits per heavy atom. The van der Waals surface area contributed by atoms with E-state index in [-0.39, 0.29) is 0 Å². The van der Waals surface area contributed by atoms with Crippen LogP contribution in [-0.4, -0.2) is 12.7 Å². The highest BCUT2D eigenvalue weighted by Crippen LogP contribution is 2.50. The zero-order chi connectivity index (χ0) is 17.1. The highest BCUT2D eigenvalue weighted by molar-refractivity contribution is 9.28. The summed E-state index contributed by atoms with van der Waals surface area (Å²) in [7, 11) is 1.62. The smallest absolute Gasteiger partial charge is 0.176 e. The van der Waals surface area contributed by atoms with Crippen molar-refractivity contribution in [3.05, 3.63) is 63.3 Å². The van der Waals surface area contributed by atoms with Gasteiger partial charge in [0.25, 0.3) is 0 Å². The Hall–Kier alpha value is -1.51. The Balaban J connectivity index is 2.69. The molecule has 0 saturated heterocycles. The quantitative estimate of drug-likeness (QED) is 0.627. The standard InChI is InChI=1S/C18H17Br2NO2/c1-17(2)15(22-3)10-9-13(12-21)18(17,11-16(19)20)23-14-7-5-4-6-8-14/h4-11H,1-3H3/t18-/m0/s1. The van der Waals surface area contributed by atoms with Gasteiger partial charge in [-0.05, 0) is 76.1 Å². The first-order valence-corrected chi connectivity index (χ1v) is 8.61. The van der Waals surface area contributed by atoms with E-state index >= 15 is 0 Å². The van der Waals surface area contributed by atoms with Crippen LogP contribution < -0.4 is 4.74 Å². The van der Waals surface area contributed by atoms with Crippen LogP contribution in [0.2, 0.25) is 0 Å². The molecule has 1 atom stereocenters. The van der Waals surface area contributed by atoms with Crippen LogP contribution in [-0.2, 0) is 4.74 Å². The molecule has 1 aromatic rings. The summed E-state index contributed by atoms with van der Waals surface area (Å²) in [6.45, 7) is 3.99. The number of methoxy groups -OCH3 is 1. The Morgan fingerprint density at radius 3 is 2.35 bits per heavy atom. The zero-order valence-electron chi connectivity index (χ0n) is 13.1. The molecule has 0 bridgehead atoms.